The molecule has 1 rings (SSSR count). The second-order valence-corrected chi connectivity index (χ2v) is 4.89. The van der Waals surface area contributed by atoms with Crippen LogP contribution in [0.2, 0.25) is 0 Å². The number of hydrogen-bond donors (Lipinski definition) is 4. The van der Waals surface area contributed by atoms with E-state index in [9.17, 15) is 15.2 Å². The standard InChI is InChI=1S/C12H17N5O3S2/c1-13-11(21)15-9-7-8(17(19)20)3-4-10(9)16(5-6-18)12(22)14-2/h3-4,7,18H,5-6H2,1-2H3,(H,14,22)(H2,13,15,21). The Hall–Kier alpha value is -2.04. The lowest BCUT2D eigenvalue weighted by Gasteiger charge is -2.26. The van der Waals surface area contributed by atoms with E-state index in [1.54, 1.807) is 25.1 Å². The largest absolute Gasteiger partial charge is 0.395 e. The zero-order valence-electron chi connectivity index (χ0n) is 12.1. The molecular formula is C12H17N5O3S2. The van der Waals surface area contributed by atoms with Crippen LogP contribution in [0.15, 0.2) is 18.2 Å². The highest BCUT2D eigenvalue weighted by atomic mass is 32.1. The van der Waals surface area contributed by atoms with Gasteiger partial charge in [0.05, 0.1) is 22.9 Å². The predicted octanol–water partition coefficient (Wildman–Crippen LogP) is 0.814. The highest BCUT2D eigenvalue weighted by Crippen LogP contribution is 2.30. The molecule has 0 heterocycles. The summed E-state index contributed by atoms with van der Waals surface area (Å²) in [7, 11) is 3.29. The van der Waals surface area contributed by atoms with E-state index in [1.807, 2.05) is 0 Å². The summed E-state index contributed by atoms with van der Waals surface area (Å²) in [6, 6.07) is 4.28. The number of nitrogens with zero attached hydrogens (tertiary/aromatic N) is 2. The van der Waals surface area contributed by atoms with Crippen molar-refractivity contribution in [1.29, 1.82) is 0 Å². The van der Waals surface area contributed by atoms with Gasteiger partial charge in [0, 0.05) is 32.8 Å². The van der Waals surface area contributed by atoms with Crippen LogP contribution in [0, 0.1) is 10.1 Å². The van der Waals surface area contributed by atoms with Crippen molar-refractivity contribution in [2.75, 3.05) is 37.5 Å². The van der Waals surface area contributed by atoms with Crippen molar-refractivity contribution in [3.63, 3.8) is 0 Å². The van der Waals surface area contributed by atoms with Crippen molar-refractivity contribution in [2.45, 2.75) is 0 Å². The van der Waals surface area contributed by atoms with Crippen LogP contribution in [-0.2, 0) is 0 Å². The normalized spacial score (nSPS) is 9.77. The van der Waals surface area contributed by atoms with Crippen molar-refractivity contribution in [2.24, 2.45) is 0 Å². The van der Waals surface area contributed by atoms with Gasteiger partial charge in [-0.3, -0.25) is 10.1 Å². The molecule has 1 aromatic carbocycles. The summed E-state index contributed by atoms with van der Waals surface area (Å²) in [5.74, 6) is 0. The van der Waals surface area contributed by atoms with E-state index in [0.29, 0.717) is 21.6 Å². The summed E-state index contributed by atoms with van der Waals surface area (Å²) in [5.41, 5.74) is 0.903. The van der Waals surface area contributed by atoms with Crippen LogP contribution < -0.4 is 20.9 Å². The van der Waals surface area contributed by atoms with Gasteiger partial charge >= 0.3 is 0 Å². The SMILES string of the molecule is CNC(=S)Nc1cc([N+](=O)[O-])ccc1N(CCO)C(=S)NC. The minimum Gasteiger partial charge on any atom is -0.395 e. The van der Waals surface area contributed by atoms with Gasteiger partial charge in [0.15, 0.2) is 10.2 Å². The van der Waals surface area contributed by atoms with E-state index in [0.717, 1.165) is 0 Å². The first-order valence-electron chi connectivity index (χ1n) is 6.31. The van der Waals surface area contributed by atoms with E-state index in [-0.39, 0.29) is 18.8 Å². The summed E-state index contributed by atoms with van der Waals surface area (Å²) in [6.45, 7) is 0.104. The fraction of sp³-hybridized carbons (Fsp3) is 0.333. The van der Waals surface area contributed by atoms with Gasteiger partial charge in [-0.2, -0.15) is 0 Å². The van der Waals surface area contributed by atoms with Gasteiger partial charge in [-0.25, -0.2) is 0 Å². The first kappa shape index (κ1) is 18.0. The van der Waals surface area contributed by atoms with Crippen molar-refractivity contribution < 1.29 is 10.0 Å². The maximum atomic E-state index is 10.9. The zero-order valence-corrected chi connectivity index (χ0v) is 13.8. The molecule has 0 aliphatic heterocycles. The average molecular weight is 343 g/mol. The molecule has 0 aromatic heterocycles. The molecule has 0 aliphatic carbocycles. The van der Waals surface area contributed by atoms with Crippen molar-refractivity contribution >= 4 is 51.7 Å². The highest BCUT2D eigenvalue weighted by molar-refractivity contribution is 7.80. The average Bonchev–Trinajstić information content (AvgIpc) is 2.51. The topological polar surface area (TPSA) is 103 Å². The first-order valence-corrected chi connectivity index (χ1v) is 7.13. The second kappa shape index (κ2) is 8.41. The van der Waals surface area contributed by atoms with Crippen molar-refractivity contribution in [1.82, 2.24) is 10.6 Å². The Kier molecular flexibility index (Phi) is 6.89. The maximum absolute atomic E-state index is 10.9. The Morgan fingerprint density at radius 2 is 2.05 bits per heavy atom. The zero-order chi connectivity index (χ0) is 16.7. The van der Waals surface area contributed by atoms with E-state index in [2.05, 4.69) is 16.0 Å². The molecule has 0 fully saturated rings. The molecule has 0 unspecified atom stereocenters. The molecule has 0 amide bonds. The second-order valence-electron chi connectivity index (χ2n) is 4.09. The number of anilines is 2. The molecule has 4 N–H and O–H groups in total. The summed E-state index contributed by atoms with van der Waals surface area (Å²) in [4.78, 5) is 12.1. The van der Waals surface area contributed by atoms with Gasteiger partial charge in [0.1, 0.15) is 0 Å². The van der Waals surface area contributed by atoms with Crippen LogP contribution in [0.3, 0.4) is 0 Å². The Labute approximate surface area is 138 Å². The number of benzene rings is 1. The Morgan fingerprint density at radius 1 is 1.36 bits per heavy atom. The molecule has 0 spiro atoms. The van der Waals surface area contributed by atoms with Gasteiger partial charge in [0.2, 0.25) is 0 Å². The van der Waals surface area contributed by atoms with Gasteiger partial charge in [0.25, 0.3) is 5.69 Å². The molecule has 8 nitrogen and oxygen atoms in total. The van der Waals surface area contributed by atoms with Crippen molar-refractivity contribution in [3.05, 3.63) is 28.3 Å². The first-order chi connectivity index (χ1) is 10.4. The summed E-state index contributed by atoms with van der Waals surface area (Å²) in [6.07, 6.45) is 0. The summed E-state index contributed by atoms with van der Waals surface area (Å²) in [5, 5.41) is 29.3. The number of nitro groups is 1. The number of non-ortho nitro benzene ring substituents is 1. The molecule has 10 heteroatoms. The number of aliphatic hydroxyl groups is 1. The third-order valence-electron chi connectivity index (χ3n) is 2.74. The lowest BCUT2D eigenvalue weighted by Crippen LogP contribution is -2.40. The fourth-order valence-electron chi connectivity index (χ4n) is 1.72. The van der Waals surface area contributed by atoms with Crippen LogP contribution in [0.4, 0.5) is 17.1 Å². The molecule has 120 valence electrons. The monoisotopic (exact) mass is 343 g/mol. The van der Waals surface area contributed by atoms with Crippen LogP contribution in [0.1, 0.15) is 0 Å². The van der Waals surface area contributed by atoms with Gasteiger partial charge in [-0.15, -0.1) is 0 Å². The van der Waals surface area contributed by atoms with Gasteiger partial charge in [-0.1, -0.05) is 0 Å². The van der Waals surface area contributed by atoms with Crippen LogP contribution in [0.25, 0.3) is 0 Å². The summed E-state index contributed by atoms with van der Waals surface area (Å²) >= 11 is 10.2. The molecule has 0 saturated heterocycles. The van der Waals surface area contributed by atoms with Crippen LogP contribution in [-0.4, -0.2) is 47.5 Å². The summed E-state index contributed by atoms with van der Waals surface area (Å²) < 4.78 is 0. The number of thiocarbonyl (C=S) groups is 2. The Bertz CT molecular complexity index is 582. The highest BCUT2D eigenvalue weighted by Gasteiger charge is 2.18. The third-order valence-corrected chi connectivity index (χ3v) is 3.47. The number of nitrogens with one attached hydrogen (secondary N) is 3. The van der Waals surface area contributed by atoms with Crippen LogP contribution in [0.5, 0.6) is 0 Å². The quantitative estimate of drug-likeness (QED) is 0.351. The predicted molar refractivity (Wildman–Crippen MR) is 94.5 cm³/mol. The third kappa shape index (κ3) is 4.48. The molecule has 0 radical (unpaired) electrons. The van der Waals surface area contributed by atoms with E-state index in [4.69, 9.17) is 24.4 Å². The van der Waals surface area contributed by atoms with Gasteiger partial charge in [-0.05, 0) is 30.5 Å². The molecule has 0 saturated carbocycles. The van der Waals surface area contributed by atoms with Crippen LogP contribution >= 0.6 is 24.4 Å². The van der Waals surface area contributed by atoms with Gasteiger partial charge < -0.3 is 26.0 Å². The Morgan fingerprint density at radius 3 is 2.55 bits per heavy atom. The smallest absolute Gasteiger partial charge is 0.271 e. The lowest BCUT2D eigenvalue weighted by molar-refractivity contribution is -0.384. The minimum absolute atomic E-state index is 0.0792. The van der Waals surface area contributed by atoms with E-state index >= 15 is 0 Å². The molecule has 1 aromatic rings. The fourth-order valence-corrected chi connectivity index (χ4v) is 2.02. The maximum Gasteiger partial charge on any atom is 0.271 e. The molecule has 0 aliphatic rings. The van der Waals surface area contributed by atoms with Crippen molar-refractivity contribution in [3.8, 4) is 0 Å². The molecular weight excluding hydrogens is 326 g/mol. The number of rotatable bonds is 5. The molecule has 0 atom stereocenters. The van der Waals surface area contributed by atoms with E-state index in [1.165, 1.54) is 12.1 Å². The lowest BCUT2D eigenvalue weighted by atomic mass is 10.2. The number of nitro benzene ring substituents is 1. The Balaban J connectivity index is 3.32. The number of hydrogen-bond acceptors (Lipinski definition) is 5. The number of aliphatic hydroxyl groups excluding tert-OH is 1. The van der Waals surface area contributed by atoms with E-state index < -0.39 is 4.92 Å². The minimum atomic E-state index is -0.496. The molecule has 0 bridgehead atoms. The molecule has 22 heavy (non-hydrogen) atoms.